The summed E-state index contributed by atoms with van der Waals surface area (Å²) in [4.78, 5) is 41.6. The number of H-pyrrole nitrogens is 1. The van der Waals surface area contributed by atoms with E-state index < -0.39 is 11.2 Å². The van der Waals surface area contributed by atoms with Gasteiger partial charge in [-0.2, -0.15) is 0 Å². The summed E-state index contributed by atoms with van der Waals surface area (Å²) in [6.07, 6.45) is 9.02. The van der Waals surface area contributed by atoms with E-state index in [9.17, 15) is 14.4 Å². The predicted molar refractivity (Wildman–Crippen MR) is 117 cm³/mol. The molecule has 1 aromatic heterocycles. The van der Waals surface area contributed by atoms with Crippen molar-refractivity contribution in [2.45, 2.75) is 75.6 Å². The van der Waals surface area contributed by atoms with Gasteiger partial charge in [0.2, 0.25) is 5.91 Å². The van der Waals surface area contributed by atoms with Crippen LogP contribution in [0.2, 0.25) is 0 Å². The molecule has 0 radical (unpaired) electrons. The number of rotatable bonds is 6. The highest BCUT2D eigenvalue weighted by Crippen LogP contribution is 2.65. The van der Waals surface area contributed by atoms with E-state index in [4.69, 9.17) is 5.73 Å². The Labute approximate surface area is 179 Å². The molecule has 4 bridgehead atoms. The Bertz CT molecular complexity index is 923. The van der Waals surface area contributed by atoms with Crippen LogP contribution >= 0.6 is 15.9 Å². The average molecular weight is 467 g/mol. The van der Waals surface area contributed by atoms with E-state index in [-0.39, 0.29) is 27.2 Å². The number of carbonyl (C=O) groups is 1. The van der Waals surface area contributed by atoms with Gasteiger partial charge >= 0.3 is 5.69 Å². The number of alkyl halides is 1. The summed E-state index contributed by atoms with van der Waals surface area (Å²) in [5.41, 5.74) is 5.17. The number of amides is 1. The number of unbranched alkanes of at least 4 members (excludes halogenated alkanes) is 1. The van der Waals surface area contributed by atoms with Crippen molar-refractivity contribution in [1.82, 2.24) is 9.55 Å². The maximum atomic E-state index is 13.3. The fraction of sp³-hybridized carbons (Fsp3) is 0.762. The summed E-state index contributed by atoms with van der Waals surface area (Å²) < 4.78 is 1.54. The third kappa shape index (κ3) is 3.68. The SMILES string of the molecule is CCCCn1c(N)c(N(C)C(=O)CC23CC4CC(CC(Br)(C4)C2)C3)c(=O)[nH]c1=O. The molecule has 0 aromatic carbocycles. The van der Waals surface area contributed by atoms with Gasteiger partial charge in [0.1, 0.15) is 5.82 Å². The second-order valence-corrected chi connectivity index (χ2v) is 11.4. The first-order chi connectivity index (χ1) is 13.7. The third-order valence-corrected chi connectivity index (χ3v) is 8.22. The Kier molecular flexibility index (Phi) is 5.20. The van der Waals surface area contributed by atoms with Crippen LogP contribution in [-0.2, 0) is 11.3 Å². The van der Waals surface area contributed by atoms with E-state index in [1.165, 1.54) is 28.7 Å². The lowest BCUT2D eigenvalue weighted by molar-refractivity contribution is -0.125. The van der Waals surface area contributed by atoms with Gasteiger partial charge in [-0.1, -0.05) is 29.3 Å². The molecule has 4 aliphatic rings. The van der Waals surface area contributed by atoms with Crippen molar-refractivity contribution in [3.05, 3.63) is 20.8 Å². The van der Waals surface area contributed by atoms with Crippen molar-refractivity contribution in [3.8, 4) is 0 Å². The summed E-state index contributed by atoms with van der Waals surface area (Å²) in [6, 6.07) is 0. The second kappa shape index (κ2) is 7.29. The molecule has 0 saturated heterocycles. The Balaban J connectivity index is 1.59. The van der Waals surface area contributed by atoms with E-state index >= 15 is 0 Å². The summed E-state index contributed by atoms with van der Waals surface area (Å²) >= 11 is 3.99. The first kappa shape index (κ1) is 20.7. The minimum atomic E-state index is -0.599. The van der Waals surface area contributed by atoms with Crippen LogP contribution in [0, 0.1) is 17.3 Å². The predicted octanol–water partition coefficient (Wildman–Crippen LogP) is 3.01. The Morgan fingerprint density at radius 1 is 1.28 bits per heavy atom. The molecule has 4 aliphatic carbocycles. The van der Waals surface area contributed by atoms with Gasteiger partial charge < -0.3 is 10.6 Å². The first-order valence-corrected chi connectivity index (χ1v) is 11.5. The van der Waals surface area contributed by atoms with E-state index in [2.05, 4.69) is 20.9 Å². The van der Waals surface area contributed by atoms with Gasteiger partial charge in [-0.15, -0.1) is 0 Å². The molecule has 3 N–H and O–H groups in total. The van der Waals surface area contributed by atoms with Crippen molar-refractivity contribution in [1.29, 1.82) is 0 Å². The van der Waals surface area contributed by atoms with Crippen LogP contribution in [0.5, 0.6) is 0 Å². The highest BCUT2D eigenvalue weighted by Gasteiger charge is 2.57. The van der Waals surface area contributed by atoms with Gasteiger partial charge in [0.15, 0.2) is 5.69 Å². The zero-order valence-electron chi connectivity index (χ0n) is 17.3. The summed E-state index contributed by atoms with van der Waals surface area (Å²) in [5, 5.41) is 0. The second-order valence-electron chi connectivity index (χ2n) is 9.74. The van der Waals surface area contributed by atoms with Crippen LogP contribution in [0.3, 0.4) is 0 Å². The van der Waals surface area contributed by atoms with Crippen molar-refractivity contribution in [2.24, 2.45) is 17.3 Å². The van der Waals surface area contributed by atoms with Crippen LogP contribution in [-0.4, -0.2) is 26.8 Å². The fourth-order valence-electron chi connectivity index (χ4n) is 6.55. The van der Waals surface area contributed by atoms with E-state index in [1.54, 1.807) is 7.05 Å². The number of aromatic amines is 1. The van der Waals surface area contributed by atoms with Crippen LogP contribution in [0.15, 0.2) is 9.59 Å². The first-order valence-electron chi connectivity index (χ1n) is 10.7. The molecule has 160 valence electrons. The number of halogens is 1. The molecule has 7 nitrogen and oxygen atoms in total. The zero-order chi connectivity index (χ0) is 21.0. The number of nitrogen functional groups attached to an aromatic ring is 1. The molecule has 1 aromatic rings. The Hall–Kier alpha value is -1.57. The van der Waals surface area contributed by atoms with Crippen LogP contribution in [0.25, 0.3) is 0 Å². The molecule has 8 heteroatoms. The average Bonchev–Trinajstić information content (AvgIpc) is 2.58. The lowest BCUT2D eigenvalue weighted by Crippen LogP contribution is -2.54. The number of hydrogen-bond donors (Lipinski definition) is 2. The van der Waals surface area contributed by atoms with Gasteiger partial charge in [-0.25, -0.2) is 4.79 Å². The number of nitrogens with two attached hydrogens (primary N) is 1. The number of carbonyl (C=O) groups excluding carboxylic acids is 1. The van der Waals surface area contributed by atoms with Crippen molar-refractivity contribution in [3.63, 3.8) is 0 Å². The molecular weight excluding hydrogens is 436 g/mol. The number of hydrogen-bond acceptors (Lipinski definition) is 4. The normalized spacial score (nSPS) is 32.5. The highest BCUT2D eigenvalue weighted by atomic mass is 79.9. The standard InChI is InChI=1S/C21H31BrN4O3/c1-3-4-5-26-17(23)16(18(28)24-19(26)29)25(2)15(27)11-20-7-13-6-14(8-20)10-21(22,9-13)12-20/h13-14H,3-12,23H2,1-2H3,(H,24,28,29). The minimum absolute atomic E-state index is 0.0110. The number of nitrogens with zero attached hydrogens (tertiary/aromatic N) is 2. The monoisotopic (exact) mass is 466 g/mol. The fourth-order valence-corrected chi connectivity index (χ4v) is 8.06. The summed E-state index contributed by atoms with van der Waals surface area (Å²) in [5.74, 6) is 1.36. The Morgan fingerprint density at radius 3 is 2.52 bits per heavy atom. The molecule has 4 saturated carbocycles. The van der Waals surface area contributed by atoms with Crippen molar-refractivity contribution >= 4 is 33.3 Å². The molecular formula is C21H31BrN4O3. The molecule has 29 heavy (non-hydrogen) atoms. The molecule has 4 fully saturated rings. The van der Waals surface area contributed by atoms with E-state index in [0.717, 1.165) is 32.1 Å². The molecule has 5 rings (SSSR count). The van der Waals surface area contributed by atoms with Gasteiger partial charge in [0.05, 0.1) is 0 Å². The maximum absolute atomic E-state index is 13.3. The zero-order valence-corrected chi connectivity index (χ0v) is 18.9. The summed E-state index contributed by atoms with van der Waals surface area (Å²) in [7, 11) is 1.60. The van der Waals surface area contributed by atoms with Crippen LogP contribution in [0.1, 0.15) is 64.7 Å². The highest BCUT2D eigenvalue weighted by molar-refractivity contribution is 9.10. The van der Waals surface area contributed by atoms with E-state index in [1.807, 2.05) is 6.92 Å². The van der Waals surface area contributed by atoms with Crippen LogP contribution < -0.4 is 21.9 Å². The van der Waals surface area contributed by atoms with Gasteiger partial charge in [0, 0.05) is 24.3 Å². The number of anilines is 2. The lowest BCUT2D eigenvalue weighted by atomic mass is 9.48. The quantitative estimate of drug-likeness (QED) is 0.628. The topological polar surface area (TPSA) is 101 Å². The van der Waals surface area contributed by atoms with Crippen molar-refractivity contribution < 1.29 is 4.79 Å². The largest absolute Gasteiger partial charge is 0.383 e. The third-order valence-electron chi connectivity index (χ3n) is 7.30. The molecule has 1 amide bonds. The number of nitrogens with one attached hydrogen (secondary N) is 1. The smallest absolute Gasteiger partial charge is 0.330 e. The molecule has 0 aliphatic heterocycles. The molecule has 2 atom stereocenters. The van der Waals surface area contributed by atoms with Crippen LogP contribution in [0.4, 0.5) is 11.5 Å². The lowest BCUT2D eigenvalue weighted by Gasteiger charge is -2.60. The Morgan fingerprint density at radius 2 is 1.93 bits per heavy atom. The minimum Gasteiger partial charge on any atom is -0.383 e. The van der Waals surface area contributed by atoms with Gasteiger partial charge in [-0.3, -0.25) is 19.1 Å². The molecule has 2 unspecified atom stereocenters. The maximum Gasteiger partial charge on any atom is 0.330 e. The van der Waals surface area contributed by atoms with Gasteiger partial charge in [-0.05, 0) is 62.2 Å². The van der Waals surface area contributed by atoms with Crippen molar-refractivity contribution in [2.75, 3.05) is 17.7 Å². The number of aromatic nitrogens is 2. The molecule has 1 heterocycles. The van der Waals surface area contributed by atoms with Gasteiger partial charge in [0.25, 0.3) is 5.56 Å². The summed E-state index contributed by atoms with van der Waals surface area (Å²) in [6.45, 7) is 2.44. The molecule has 0 spiro atoms. The van der Waals surface area contributed by atoms with E-state index in [0.29, 0.717) is 24.8 Å².